The second-order valence-electron chi connectivity index (χ2n) is 4.09. The number of nitrogens with zero attached hydrogens (tertiary/aromatic N) is 1. The summed E-state index contributed by atoms with van der Waals surface area (Å²) in [5.74, 6) is -0.190. The van der Waals surface area contributed by atoms with Gasteiger partial charge in [0.05, 0.1) is 0 Å². The van der Waals surface area contributed by atoms with E-state index in [-0.39, 0.29) is 5.82 Å². The molecule has 0 spiro atoms. The zero-order valence-corrected chi connectivity index (χ0v) is 10.2. The number of halogens is 1. The summed E-state index contributed by atoms with van der Waals surface area (Å²) >= 11 is 0. The topological polar surface area (TPSA) is 15.3 Å². The van der Waals surface area contributed by atoms with Gasteiger partial charge in [-0.2, -0.15) is 0 Å². The fourth-order valence-corrected chi connectivity index (χ4v) is 1.53. The zero-order chi connectivity index (χ0) is 11.8. The molecule has 0 aliphatic heterocycles. The van der Waals surface area contributed by atoms with Crippen LogP contribution in [0.5, 0.6) is 0 Å². The Kier molecular flexibility index (Phi) is 5.86. The molecule has 90 valence electrons. The van der Waals surface area contributed by atoms with E-state index < -0.39 is 0 Å². The average molecular weight is 224 g/mol. The van der Waals surface area contributed by atoms with Crippen LogP contribution in [0.1, 0.15) is 19.8 Å². The van der Waals surface area contributed by atoms with Crippen LogP contribution in [0.25, 0.3) is 0 Å². The molecule has 0 saturated carbocycles. The van der Waals surface area contributed by atoms with E-state index in [0.717, 1.165) is 25.3 Å². The van der Waals surface area contributed by atoms with Gasteiger partial charge in [0.15, 0.2) is 0 Å². The van der Waals surface area contributed by atoms with Gasteiger partial charge in [-0.15, -0.1) is 0 Å². The van der Waals surface area contributed by atoms with Crippen LogP contribution in [0.3, 0.4) is 0 Å². The lowest BCUT2D eigenvalue weighted by molar-refractivity contribution is 0.340. The third kappa shape index (κ3) is 5.12. The second kappa shape index (κ2) is 7.23. The van der Waals surface area contributed by atoms with Crippen LogP contribution in [0.2, 0.25) is 0 Å². The first-order chi connectivity index (χ1) is 7.72. The minimum Gasteiger partial charge on any atom is -0.384 e. The van der Waals surface area contributed by atoms with E-state index in [4.69, 9.17) is 0 Å². The Hall–Kier alpha value is -1.09. The van der Waals surface area contributed by atoms with E-state index in [9.17, 15) is 4.39 Å². The number of benzene rings is 1. The standard InChI is InChI=1S/C13H21FN2/c1-3-4-9-16(2)10-8-15-13-7-5-6-12(14)11-13/h5-7,11,15H,3-4,8-10H2,1-2H3. The molecule has 0 amide bonds. The van der Waals surface area contributed by atoms with Crippen LogP contribution >= 0.6 is 0 Å². The Morgan fingerprint density at radius 2 is 2.12 bits per heavy atom. The van der Waals surface area contributed by atoms with Gasteiger partial charge >= 0.3 is 0 Å². The molecule has 0 aliphatic rings. The van der Waals surface area contributed by atoms with Gasteiger partial charge in [-0.1, -0.05) is 19.4 Å². The Morgan fingerprint density at radius 1 is 1.31 bits per heavy atom. The first-order valence-corrected chi connectivity index (χ1v) is 5.90. The Labute approximate surface area is 97.5 Å². The van der Waals surface area contributed by atoms with Gasteiger partial charge < -0.3 is 10.2 Å². The fraction of sp³-hybridized carbons (Fsp3) is 0.538. The first-order valence-electron chi connectivity index (χ1n) is 5.90. The van der Waals surface area contributed by atoms with Gasteiger partial charge in [0, 0.05) is 18.8 Å². The van der Waals surface area contributed by atoms with Crippen LogP contribution < -0.4 is 5.32 Å². The molecule has 0 radical (unpaired) electrons. The zero-order valence-electron chi connectivity index (χ0n) is 10.2. The molecular weight excluding hydrogens is 203 g/mol. The maximum atomic E-state index is 12.9. The summed E-state index contributed by atoms with van der Waals surface area (Å²) in [6.07, 6.45) is 2.46. The van der Waals surface area contributed by atoms with Crippen molar-refractivity contribution in [3.05, 3.63) is 30.1 Å². The van der Waals surface area contributed by atoms with Gasteiger partial charge in [0.1, 0.15) is 5.82 Å². The molecule has 1 aromatic rings. The van der Waals surface area contributed by atoms with Gasteiger partial charge in [-0.05, 0) is 38.2 Å². The molecular formula is C13H21FN2. The number of likely N-dealkylation sites (N-methyl/N-ethyl adjacent to an activating group) is 1. The Balaban J connectivity index is 2.20. The quantitative estimate of drug-likeness (QED) is 0.766. The summed E-state index contributed by atoms with van der Waals surface area (Å²) in [4.78, 5) is 2.29. The first kappa shape index (κ1) is 13.0. The van der Waals surface area contributed by atoms with Crippen molar-refractivity contribution >= 4 is 5.69 Å². The molecule has 3 heteroatoms. The van der Waals surface area contributed by atoms with Crippen molar-refractivity contribution in [1.29, 1.82) is 0 Å². The molecule has 0 atom stereocenters. The maximum absolute atomic E-state index is 12.9. The molecule has 0 aliphatic carbocycles. The van der Waals surface area contributed by atoms with Crippen LogP contribution in [-0.4, -0.2) is 31.6 Å². The molecule has 1 aromatic carbocycles. The number of rotatable bonds is 7. The van der Waals surface area contributed by atoms with Crippen molar-refractivity contribution in [2.45, 2.75) is 19.8 Å². The van der Waals surface area contributed by atoms with Gasteiger partial charge in [0.25, 0.3) is 0 Å². The lowest BCUT2D eigenvalue weighted by Crippen LogP contribution is -2.26. The van der Waals surface area contributed by atoms with Crippen molar-refractivity contribution in [3.8, 4) is 0 Å². The predicted molar refractivity (Wildman–Crippen MR) is 67.3 cm³/mol. The van der Waals surface area contributed by atoms with E-state index in [1.165, 1.54) is 25.0 Å². The van der Waals surface area contributed by atoms with E-state index >= 15 is 0 Å². The number of nitrogens with one attached hydrogen (secondary N) is 1. The van der Waals surface area contributed by atoms with Crippen molar-refractivity contribution < 1.29 is 4.39 Å². The molecule has 16 heavy (non-hydrogen) atoms. The smallest absolute Gasteiger partial charge is 0.125 e. The lowest BCUT2D eigenvalue weighted by atomic mass is 10.3. The highest BCUT2D eigenvalue weighted by Gasteiger charge is 1.97. The SMILES string of the molecule is CCCCN(C)CCNc1cccc(F)c1. The number of anilines is 1. The lowest BCUT2D eigenvalue weighted by Gasteiger charge is -2.16. The highest BCUT2D eigenvalue weighted by Crippen LogP contribution is 2.08. The van der Waals surface area contributed by atoms with Crippen LogP contribution in [0.15, 0.2) is 24.3 Å². The fourth-order valence-electron chi connectivity index (χ4n) is 1.53. The minimum atomic E-state index is -0.190. The molecule has 2 nitrogen and oxygen atoms in total. The van der Waals surface area contributed by atoms with Crippen molar-refractivity contribution in [2.75, 3.05) is 32.0 Å². The number of hydrogen-bond donors (Lipinski definition) is 1. The summed E-state index contributed by atoms with van der Waals surface area (Å²) in [5, 5.41) is 3.21. The molecule has 0 unspecified atom stereocenters. The number of unbranched alkanes of at least 4 members (excludes halogenated alkanes) is 1. The van der Waals surface area contributed by atoms with Crippen molar-refractivity contribution in [2.24, 2.45) is 0 Å². The average Bonchev–Trinajstić information content (AvgIpc) is 2.26. The Morgan fingerprint density at radius 3 is 2.81 bits per heavy atom. The van der Waals surface area contributed by atoms with E-state index in [1.54, 1.807) is 6.07 Å². The summed E-state index contributed by atoms with van der Waals surface area (Å²) in [7, 11) is 2.11. The minimum absolute atomic E-state index is 0.190. The molecule has 0 fully saturated rings. The van der Waals surface area contributed by atoms with Crippen LogP contribution in [-0.2, 0) is 0 Å². The second-order valence-corrected chi connectivity index (χ2v) is 4.09. The molecule has 0 saturated heterocycles. The molecule has 0 aromatic heterocycles. The van der Waals surface area contributed by atoms with Crippen molar-refractivity contribution in [1.82, 2.24) is 4.90 Å². The van der Waals surface area contributed by atoms with Crippen molar-refractivity contribution in [3.63, 3.8) is 0 Å². The largest absolute Gasteiger partial charge is 0.384 e. The highest BCUT2D eigenvalue weighted by molar-refractivity contribution is 5.42. The Bertz CT molecular complexity index is 302. The summed E-state index contributed by atoms with van der Waals surface area (Å²) in [6.45, 7) is 5.15. The summed E-state index contributed by atoms with van der Waals surface area (Å²) in [6, 6.07) is 6.58. The third-order valence-electron chi connectivity index (χ3n) is 2.54. The van der Waals surface area contributed by atoms with Crippen LogP contribution in [0, 0.1) is 5.82 Å². The highest BCUT2D eigenvalue weighted by atomic mass is 19.1. The van der Waals surface area contributed by atoms with E-state index in [1.807, 2.05) is 6.07 Å². The van der Waals surface area contributed by atoms with Gasteiger partial charge in [-0.25, -0.2) is 4.39 Å². The monoisotopic (exact) mass is 224 g/mol. The molecule has 0 heterocycles. The van der Waals surface area contributed by atoms with Gasteiger partial charge in [0.2, 0.25) is 0 Å². The van der Waals surface area contributed by atoms with Gasteiger partial charge in [-0.3, -0.25) is 0 Å². The molecule has 1 rings (SSSR count). The van der Waals surface area contributed by atoms with Crippen LogP contribution in [0.4, 0.5) is 10.1 Å². The maximum Gasteiger partial charge on any atom is 0.125 e. The summed E-state index contributed by atoms with van der Waals surface area (Å²) < 4.78 is 12.9. The normalized spacial score (nSPS) is 10.8. The predicted octanol–water partition coefficient (Wildman–Crippen LogP) is 2.97. The molecule has 1 N–H and O–H groups in total. The number of hydrogen-bond acceptors (Lipinski definition) is 2. The van der Waals surface area contributed by atoms with E-state index in [0.29, 0.717) is 0 Å². The third-order valence-corrected chi connectivity index (χ3v) is 2.54. The van der Waals surface area contributed by atoms with E-state index in [2.05, 4.69) is 24.2 Å². The summed E-state index contributed by atoms with van der Waals surface area (Å²) in [5.41, 5.74) is 0.851. The molecule has 0 bridgehead atoms.